The van der Waals surface area contributed by atoms with Gasteiger partial charge in [0.25, 0.3) is 15.7 Å². The molecule has 0 aliphatic heterocycles. The number of nitro groups is 1. The molecule has 0 unspecified atom stereocenters. The molecule has 4 rings (SSSR count). The Balaban J connectivity index is 1.77. The first-order valence-electron chi connectivity index (χ1n) is 12.4. The average Bonchev–Trinajstić information content (AvgIpc) is 3.30. The number of non-ortho nitro benzene ring substituents is 1. The summed E-state index contributed by atoms with van der Waals surface area (Å²) in [5.74, 6) is -0.441. The highest BCUT2D eigenvalue weighted by Gasteiger charge is 2.30. The molecule has 8 nitrogen and oxygen atoms in total. The zero-order chi connectivity index (χ0) is 30.9. The van der Waals surface area contributed by atoms with Crippen LogP contribution in [0.15, 0.2) is 71.6 Å². The lowest BCUT2D eigenvalue weighted by atomic mass is 9.93. The number of thiazole rings is 1. The highest BCUT2D eigenvalue weighted by molar-refractivity contribution is 7.93. The normalized spacial score (nSPS) is 12.3. The molecule has 42 heavy (non-hydrogen) atoms. The monoisotopic (exact) mass is 623 g/mol. The van der Waals surface area contributed by atoms with E-state index in [1.165, 1.54) is 36.4 Å². The van der Waals surface area contributed by atoms with E-state index in [9.17, 15) is 36.1 Å². The van der Waals surface area contributed by atoms with Gasteiger partial charge in [-0.3, -0.25) is 14.8 Å². The van der Waals surface area contributed by atoms with Gasteiger partial charge in [0.1, 0.15) is 11.6 Å². The fraction of sp³-hybridized carbons (Fsp3) is 0.250. The zero-order valence-electron chi connectivity index (χ0n) is 22.5. The number of hydrogen-bond donors (Lipinski definition) is 1. The molecule has 1 aromatic heterocycles. The highest BCUT2D eigenvalue weighted by atomic mass is 32.2. The summed E-state index contributed by atoms with van der Waals surface area (Å²) in [6, 6.07) is 12.4. The van der Waals surface area contributed by atoms with E-state index in [4.69, 9.17) is 4.74 Å². The van der Waals surface area contributed by atoms with Crippen molar-refractivity contribution in [1.29, 1.82) is 0 Å². The fourth-order valence-electron chi connectivity index (χ4n) is 3.76. The quantitative estimate of drug-likeness (QED) is 0.114. The number of alkyl halides is 3. The third-order valence-corrected chi connectivity index (χ3v) is 8.41. The molecule has 1 N–H and O–H groups in total. The SMILES string of the molecule is CC(C)(C)CCOc1cc(F)cc(-c2sc(NS(=O)(=O)c3cccc([N+](=O)[O-])c3)nc2-c2ccc(C(F)(F)F)cc2)c1. The summed E-state index contributed by atoms with van der Waals surface area (Å²) in [6.07, 6.45) is -3.90. The van der Waals surface area contributed by atoms with Gasteiger partial charge in [0.05, 0.1) is 32.6 Å². The van der Waals surface area contributed by atoms with Gasteiger partial charge in [-0.05, 0) is 42.2 Å². The van der Waals surface area contributed by atoms with Crippen LogP contribution in [0.5, 0.6) is 5.75 Å². The molecule has 0 radical (unpaired) electrons. The minimum absolute atomic E-state index is 0.0329. The molecule has 0 saturated heterocycles. The van der Waals surface area contributed by atoms with Crippen molar-refractivity contribution in [3.8, 4) is 27.4 Å². The molecule has 0 fully saturated rings. The van der Waals surface area contributed by atoms with Crippen molar-refractivity contribution in [2.24, 2.45) is 5.41 Å². The smallest absolute Gasteiger partial charge is 0.416 e. The Morgan fingerprint density at radius 3 is 2.31 bits per heavy atom. The maximum absolute atomic E-state index is 14.7. The predicted molar refractivity (Wildman–Crippen MR) is 151 cm³/mol. The van der Waals surface area contributed by atoms with Crippen LogP contribution in [0, 0.1) is 21.3 Å². The molecular weight excluding hydrogens is 598 g/mol. The largest absolute Gasteiger partial charge is 0.493 e. The number of anilines is 1. The van der Waals surface area contributed by atoms with E-state index in [2.05, 4.69) is 9.71 Å². The van der Waals surface area contributed by atoms with Crippen LogP contribution in [0.1, 0.15) is 32.8 Å². The zero-order valence-corrected chi connectivity index (χ0v) is 24.2. The van der Waals surface area contributed by atoms with E-state index in [1.54, 1.807) is 0 Å². The summed E-state index contributed by atoms with van der Waals surface area (Å²) in [7, 11) is -4.36. The van der Waals surface area contributed by atoms with E-state index < -0.39 is 43.1 Å². The van der Waals surface area contributed by atoms with Crippen LogP contribution in [-0.4, -0.2) is 24.9 Å². The Morgan fingerprint density at radius 2 is 1.69 bits per heavy atom. The van der Waals surface area contributed by atoms with Crippen molar-refractivity contribution >= 4 is 32.2 Å². The van der Waals surface area contributed by atoms with Gasteiger partial charge >= 0.3 is 6.18 Å². The van der Waals surface area contributed by atoms with Crippen molar-refractivity contribution < 1.29 is 35.6 Å². The Bertz CT molecular complexity index is 1710. The van der Waals surface area contributed by atoms with Gasteiger partial charge in [-0.2, -0.15) is 13.2 Å². The third-order valence-electron chi connectivity index (χ3n) is 5.93. The molecule has 4 aromatic rings. The maximum atomic E-state index is 14.7. The van der Waals surface area contributed by atoms with E-state index in [-0.39, 0.29) is 38.0 Å². The number of nitrogens with zero attached hydrogens (tertiary/aromatic N) is 2. The van der Waals surface area contributed by atoms with Crippen LogP contribution in [0.3, 0.4) is 0 Å². The van der Waals surface area contributed by atoms with E-state index in [0.29, 0.717) is 13.0 Å². The van der Waals surface area contributed by atoms with Crippen LogP contribution < -0.4 is 9.46 Å². The number of rotatable bonds is 9. The van der Waals surface area contributed by atoms with Crippen molar-refractivity contribution in [2.75, 3.05) is 11.3 Å². The Kier molecular flexibility index (Phi) is 8.60. The summed E-state index contributed by atoms with van der Waals surface area (Å²) in [5.41, 5.74) is -0.800. The predicted octanol–water partition coefficient (Wildman–Crippen LogP) is 8.16. The minimum Gasteiger partial charge on any atom is -0.493 e. The number of sulfonamides is 1. The molecule has 0 spiro atoms. The molecule has 0 atom stereocenters. The second-order valence-corrected chi connectivity index (χ2v) is 13.1. The first kappa shape index (κ1) is 30.9. The lowest BCUT2D eigenvalue weighted by molar-refractivity contribution is -0.385. The Labute approximate surface area is 243 Å². The van der Waals surface area contributed by atoms with Gasteiger partial charge in [0, 0.05) is 29.3 Å². The number of benzene rings is 3. The van der Waals surface area contributed by atoms with E-state index >= 15 is 0 Å². The second kappa shape index (κ2) is 11.7. The molecule has 0 bridgehead atoms. The van der Waals surface area contributed by atoms with Crippen molar-refractivity contribution in [1.82, 2.24) is 4.98 Å². The van der Waals surface area contributed by atoms with Gasteiger partial charge in [-0.25, -0.2) is 17.8 Å². The van der Waals surface area contributed by atoms with Gasteiger partial charge in [0.15, 0.2) is 5.13 Å². The van der Waals surface area contributed by atoms with Crippen molar-refractivity contribution in [3.63, 3.8) is 0 Å². The minimum atomic E-state index is -4.58. The van der Waals surface area contributed by atoms with Crippen LogP contribution in [0.2, 0.25) is 0 Å². The molecule has 3 aromatic carbocycles. The van der Waals surface area contributed by atoms with Crippen LogP contribution in [0.25, 0.3) is 21.7 Å². The molecule has 0 aliphatic carbocycles. The van der Waals surface area contributed by atoms with Crippen LogP contribution in [0.4, 0.5) is 28.4 Å². The van der Waals surface area contributed by atoms with Gasteiger partial charge in [0.2, 0.25) is 0 Å². The first-order valence-corrected chi connectivity index (χ1v) is 14.7. The lowest BCUT2D eigenvalue weighted by Gasteiger charge is -2.18. The summed E-state index contributed by atoms with van der Waals surface area (Å²) >= 11 is 0.815. The van der Waals surface area contributed by atoms with E-state index in [1.807, 2.05) is 20.8 Å². The molecule has 1 heterocycles. The summed E-state index contributed by atoms with van der Waals surface area (Å²) in [5, 5.41) is 10.9. The third kappa shape index (κ3) is 7.62. The van der Waals surface area contributed by atoms with Gasteiger partial charge in [-0.15, -0.1) is 0 Å². The first-order chi connectivity index (χ1) is 19.5. The molecule has 0 aliphatic rings. The molecule has 0 amide bonds. The van der Waals surface area contributed by atoms with Crippen molar-refractivity contribution in [2.45, 2.75) is 38.3 Å². The average molecular weight is 624 g/mol. The molecule has 0 saturated carbocycles. The number of halogens is 4. The number of ether oxygens (including phenoxy) is 1. The van der Waals surface area contributed by atoms with Gasteiger partial charge < -0.3 is 4.74 Å². The summed E-state index contributed by atoms with van der Waals surface area (Å²) in [4.78, 5) is 14.6. The molecular formula is C28H25F4N3O5S2. The maximum Gasteiger partial charge on any atom is 0.416 e. The molecule has 222 valence electrons. The number of aromatic nitrogens is 1. The lowest BCUT2D eigenvalue weighted by Crippen LogP contribution is -2.13. The Hall–Kier alpha value is -4.04. The van der Waals surface area contributed by atoms with Crippen LogP contribution >= 0.6 is 11.3 Å². The number of hydrogen-bond acceptors (Lipinski definition) is 7. The fourth-order valence-corrected chi connectivity index (χ4v) is 6.01. The topological polar surface area (TPSA) is 111 Å². The van der Waals surface area contributed by atoms with Gasteiger partial charge in [-0.1, -0.05) is 50.3 Å². The van der Waals surface area contributed by atoms with E-state index in [0.717, 1.165) is 41.7 Å². The second-order valence-electron chi connectivity index (χ2n) is 10.5. The van der Waals surface area contributed by atoms with Crippen molar-refractivity contribution in [3.05, 3.63) is 88.2 Å². The van der Waals surface area contributed by atoms with Crippen LogP contribution in [-0.2, 0) is 16.2 Å². The Morgan fingerprint density at radius 1 is 1.00 bits per heavy atom. The summed E-state index contributed by atoms with van der Waals surface area (Å²) < 4.78 is 88.4. The number of nitrogens with one attached hydrogen (secondary N) is 1. The molecule has 14 heteroatoms. The summed E-state index contributed by atoms with van der Waals surface area (Å²) in [6.45, 7) is 6.38. The number of nitro benzene ring substituents is 1. The standard InChI is InChI=1S/C28H25F4N3O5S2/c1-27(2,3)11-12-40-22-14-18(13-20(29)15-22)25-24(17-7-9-19(10-8-17)28(30,31)32)33-26(41-25)34-42(38,39)23-6-4-5-21(16-23)35(36)37/h4-10,13-16H,11-12H2,1-3H3,(H,33,34). The highest BCUT2D eigenvalue weighted by Crippen LogP contribution is 2.42.